The van der Waals surface area contributed by atoms with Gasteiger partial charge in [0.05, 0.1) is 23.3 Å². The van der Waals surface area contributed by atoms with Crippen molar-refractivity contribution in [2.75, 3.05) is 18.5 Å². The van der Waals surface area contributed by atoms with Crippen molar-refractivity contribution < 1.29 is 13.9 Å². The largest absolute Gasteiger partial charge is 0.474 e. The molecule has 5 heterocycles. The molecule has 0 radical (unpaired) electrons. The number of fused-ring (bicyclic) bond motifs is 2. The first-order valence-electron chi connectivity index (χ1n) is 13.1. The maximum absolute atomic E-state index is 6.73. The third-order valence-electron chi connectivity index (χ3n) is 7.40. The van der Waals surface area contributed by atoms with Gasteiger partial charge in [0.15, 0.2) is 16.6 Å². The first-order valence-corrected chi connectivity index (χ1v) is 13.5. The minimum Gasteiger partial charge on any atom is -0.474 e. The van der Waals surface area contributed by atoms with Crippen molar-refractivity contribution in [1.29, 1.82) is 0 Å². The summed E-state index contributed by atoms with van der Waals surface area (Å²) in [6, 6.07) is 6.20. The third kappa shape index (κ3) is 4.27. The first-order chi connectivity index (χ1) is 18.6. The minimum atomic E-state index is 0.128. The number of ether oxygens (including phenoxy) is 2. The molecule has 0 atom stereocenters. The van der Waals surface area contributed by atoms with Crippen LogP contribution in [0.3, 0.4) is 0 Å². The van der Waals surface area contributed by atoms with Gasteiger partial charge < -0.3 is 24.2 Å². The highest BCUT2D eigenvalue weighted by Gasteiger charge is 2.24. The minimum absolute atomic E-state index is 0.128. The van der Waals surface area contributed by atoms with E-state index in [4.69, 9.17) is 35.5 Å². The SMILES string of the molecule is Cc1nc2ccc(-c3c[nH]c4nc(Nc5cnn(C6CCOCC6)c5Cl)nc(OC5CCCC5)c34)cc2o1. The number of H-pyrrole nitrogens is 1. The van der Waals surface area contributed by atoms with Crippen molar-refractivity contribution in [3.05, 3.63) is 41.6 Å². The van der Waals surface area contributed by atoms with Crippen molar-refractivity contribution in [3.63, 3.8) is 0 Å². The molecule has 5 aromatic rings. The molecule has 11 heteroatoms. The maximum Gasteiger partial charge on any atom is 0.232 e. The van der Waals surface area contributed by atoms with E-state index < -0.39 is 0 Å². The monoisotopic (exact) mass is 533 g/mol. The Hall–Kier alpha value is -3.63. The molecule has 2 aliphatic rings. The van der Waals surface area contributed by atoms with Gasteiger partial charge in [0.25, 0.3) is 0 Å². The average molecular weight is 534 g/mol. The van der Waals surface area contributed by atoms with Crippen LogP contribution in [0.4, 0.5) is 11.6 Å². The number of anilines is 2. The van der Waals surface area contributed by atoms with Crippen LogP contribution in [0.1, 0.15) is 50.5 Å². The molecular weight excluding hydrogens is 506 g/mol. The first kappa shape index (κ1) is 23.5. The summed E-state index contributed by atoms with van der Waals surface area (Å²) in [7, 11) is 0. The summed E-state index contributed by atoms with van der Waals surface area (Å²) in [4.78, 5) is 17.3. The lowest BCUT2D eigenvalue weighted by Crippen LogP contribution is -2.20. The normalized spacial score (nSPS) is 17.1. The molecule has 2 N–H and O–H groups in total. The van der Waals surface area contributed by atoms with Crippen LogP contribution in [0.15, 0.2) is 35.0 Å². The van der Waals surface area contributed by atoms with E-state index in [1.165, 1.54) is 0 Å². The summed E-state index contributed by atoms with van der Waals surface area (Å²) < 4.78 is 19.6. The van der Waals surface area contributed by atoms with Gasteiger partial charge in [-0.2, -0.15) is 15.1 Å². The lowest BCUT2D eigenvalue weighted by Gasteiger charge is -2.23. The number of aromatic nitrogens is 6. The van der Waals surface area contributed by atoms with Crippen LogP contribution < -0.4 is 10.1 Å². The van der Waals surface area contributed by atoms with Gasteiger partial charge in [0.2, 0.25) is 11.8 Å². The number of halogens is 1. The highest BCUT2D eigenvalue weighted by atomic mass is 35.5. The third-order valence-corrected chi connectivity index (χ3v) is 7.78. The zero-order valence-electron chi connectivity index (χ0n) is 21.0. The number of hydrogen-bond acceptors (Lipinski definition) is 8. The Bertz CT molecular complexity index is 1610. The summed E-state index contributed by atoms with van der Waals surface area (Å²) in [5.74, 6) is 1.58. The van der Waals surface area contributed by atoms with E-state index in [0.29, 0.717) is 47.4 Å². The van der Waals surface area contributed by atoms with E-state index in [-0.39, 0.29) is 12.1 Å². The Morgan fingerprint density at radius 1 is 1.11 bits per heavy atom. The zero-order chi connectivity index (χ0) is 25.6. The Morgan fingerprint density at radius 2 is 1.95 bits per heavy atom. The Kier molecular flexibility index (Phi) is 5.93. The molecule has 196 valence electrons. The molecule has 4 aromatic heterocycles. The van der Waals surface area contributed by atoms with Crippen LogP contribution in [0.25, 0.3) is 33.3 Å². The van der Waals surface area contributed by atoms with Crippen LogP contribution in [0, 0.1) is 6.92 Å². The lowest BCUT2D eigenvalue weighted by atomic mass is 10.1. The molecule has 1 aliphatic carbocycles. The molecule has 2 fully saturated rings. The Labute approximate surface area is 223 Å². The molecule has 0 spiro atoms. The molecule has 0 unspecified atom stereocenters. The number of nitrogens with zero attached hydrogens (tertiary/aromatic N) is 5. The number of rotatable bonds is 6. The van der Waals surface area contributed by atoms with Gasteiger partial charge in [-0.1, -0.05) is 17.7 Å². The van der Waals surface area contributed by atoms with Crippen molar-refractivity contribution in [2.45, 2.75) is 57.6 Å². The van der Waals surface area contributed by atoms with Gasteiger partial charge in [0.1, 0.15) is 17.3 Å². The van der Waals surface area contributed by atoms with E-state index in [0.717, 1.165) is 66.1 Å². The van der Waals surface area contributed by atoms with Gasteiger partial charge in [-0.15, -0.1) is 0 Å². The van der Waals surface area contributed by atoms with E-state index in [9.17, 15) is 0 Å². The second-order valence-electron chi connectivity index (χ2n) is 9.98. The maximum atomic E-state index is 6.73. The standard InChI is InChI=1S/C27H28ClN7O3/c1-15-31-20-7-6-16(12-22(20)37-15)19-13-29-25-23(19)26(38-18-4-2-3-5-18)34-27(33-25)32-21-14-30-35(24(21)28)17-8-10-36-11-9-17/h6-7,12-14,17-18H,2-5,8-11H2,1H3,(H2,29,32,33,34). The Balaban J connectivity index is 1.27. The molecule has 38 heavy (non-hydrogen) atoms. The molecule has 1 saturated carbocycles. The molecule has 0 amide bonds. The lowest BCUT2D eigenvalue weighted by molar-refractivity contribution is 0.0663. The molecule has 1 aliphatic heterocycles. The predicted octanol–water partition coefficient (Wildman–Crippen LogP) is 6.34. The fraction of sp³-hybridized carbons (Fsp3) is 0.407. The second-order valence-corrected chi connectivity index (χ2v) is 10.3. The summed E-state index contributed by atoms with van der Waals surface area (Å²) in [5.41, 5.74) is 4.81. The van der Waals surface area contributed by atoms with Gasteiger partial charge in [-0.3, -0.25) is 0 Å². The molecule has 1 aromatic carbocycles. The van der Waals surface area contributed by atoms with Crippen molar-refractivity contribution in [3.8, 4) is 17.0 Å². The summed E-state index contributed by atoms with van der Waals surface area (Å²) >= 11 is 6.73. The van der Waals surface area contributed by atoms with Gasteiger partial charge in [-0.25, -0.2) is 9.67 Å². The van der Waals surface area contributed by atoms with Crippen LogP contribution in [-0.4, -0.2) is 49.0 Å². The van der Waals surface area contributed by atoms with Crippen molar-refractivity contribution >= 4 is 45.4 Å². The van der Waals surface area contributed by atoms with Crippen LogP contribution >= 0.6 is 11.6 Å². The number of hydrogen-bond donors (Lipinski definition) is 2. The second kappa shape index (κ2) is 9.59. The molecule has 7 rings (SSSR count). The summed E-state index contributed by atoms with van der Waals surface area (Å²) in [6.45, 7) is 3.27. The van der Waals surface area contributed by atoms with Gasteiger partial charge in [0, 0.05) is 31.9 Å². The zero-order valence-corrected chi connectivity index (χ0v) is 21.8. The van der Waals surface area contributed by atoms with Crippen molar-refractivity contribution in [2.24, 2.45) is 0 Å². The number of oxazole rings is 1. The summed E-state index contributed by atoms with van der Waals surface area (Å²) in [6.07, 6.45) is 9.90. The van der Waals surface area contributed by atoms with Crippen LogP contribution in [0.5, 0.6) is 5.88 Å². The Morgan fingerprint density at radius 3 is 2.79 bits per heavy atom. The molecule has 0 bridgehead atoms. The van der Waals surface area contributed by atoms with E-state index >= 15 is 0 Å². The van der Waals surface area contributed by atoms with Crippen molar-refractivity contribution in [1.82, 2.24) is 29.7 Å². The highest BCUT2D eigenvalue weighted by Crippen LogP contribution is 2.38. The fourth-order valence-electron chi connectivity index (χ4n) is 5.48. The number of nitrogens with one attached hydrogen (secondary N) is 2. The van der Waals surface area contributed by atoms with Gasteiger partial charge >= 0.3 is 0 Å². The van der Waals surface area contributed by atoms with E-state index in [2.05, 4.69) is 20.4 Å². The smallest absolute Gasteiger partial charge is 0.232 e. The molecular formula is C27H28ClN7O3. The summed E-state index contributed by atoms with van der Waals surface area (Å²) in [5, 5.41) is 9.17. The van der Waals surface area contributed by atoms with Crippen LogP contribution in [-0.2, 0) is 4.74 Å². The predicted molar refractivity (Wildman–Crippen MR) is 144 cm³/mol. The number of benzene rings is 1. The number of aryl methyl sites for hydroxylation is 1. The molecule has 10 nitrogen and oxygen atoms in total. The van der Waals surface area contributed by atoms with Gasteiger partial charge in [-0.05, 0) is 56.2 Å². The average Bonchev–Trinajstić information content (AvgIpc) is 3.72. The van der Waals surface area contributed by atoms with E-state index in [1.54, 1.807) is 6.20 Å². The highest BCUT2D eigenvalue weighted by molar-refractivity contribution is 6.32. The molecule has 1 saturated heterocycles. The quantitative estimate of drug-likeness (QED) is 0.260. The topological polar surface area (TPSA) is 116 Å². The number of aromatic amines is 1. The van der Waals surface area contributed by atoms with Crippen LogP contribution in [0.2, 0.25) is 5.15 Å². The fourth-order valence-corrected chi connectivity index (χ4v) is 5.75. The van der Waals surface area contributed by atoms with E-state index in [1.807, 2.05) is 36.0 Å².